The molecule has 0 aliphatic carbocycles. The molecule has 0 fully saturated rings. The number of hydrogen-bond acceptors (Lipinski definition) is 4. The van der Waals surface area contributed by atoms with E-state index < -0.39 is 0 Å². The summed E-state index contributed by atoms with van der Waals surface area (Å²) in [5, 5.41) is 1.99. The first-order valence-corrected chi connectivity index (χ1v) is 6.89. The third-order valence-corrected chi connectivity index (χ3v) is 4.01. The number of hydrogen-bond donors (Lipinski definition) is 0. The predicted molar refractivity (Wildman–Crippen MR) is 74.7 cm³/mol. The van der Waals surface area contributed by atoms with E-state index >= 15 is 0 Å². The molecule has 0 spiro atoms. The van der Waals surface area contributed by atoms with E-state index in [4.69, 9.17) is 9.47 Å². The first-order valence-electron chi connectivity index (χ1n) is 5.22. The van der Waals surface area contributed by atoms with Crippen LogP contribution in [0.3, 0.4) is 0 Å². The van der Waals surface area contributed by atoms with E-state index in [2.05, 4.69) is 15.9 Å². The summed E-state index contributed by atoms with van der Waals surface area (Å²) in [5.74, 6) is 1.21. The van der Waals surface area contributed by atoms with Gasteiger partial charge in [-0.05, 0) is 34.1 Å². The second-order valence-corrected chi connectivity index (χ2v) is 5.45. The number of carbonyl (C=O) groups is 1. The maximum Gasteiger partial charge on any atom is 0.153 e. The monoisotopic (exact) mass is 326 g/mol. The Hall–Kier alpha value is -1.33. The lowest BCUT2D eigenvalue weighted by atomic mass is 10.2. The number of rotatable bonds is 5. The molecule has 2 rings (SSSR count). The Morgan fingerprint density at radius 1 is 1.39 bits per heavy atom. The summed E-state index contributed by atoms with van der Waals surface area (Å²) >= 11 is 4.99. The van der Waals surface area contributed by atoms with E-state index in [-0.39, 0.29) is 0 Å². The summed E-state index contributed by atoms with van der Waals surface area (Å²) in [6.45, 7) is 0.435. The third-order valence-electron chi connectivity index (χ3n) is 2.34. The van der Waals surface area contributed by atoms with E-state index in [1.807, 2.05) is 11.4 Å². The molecule has 1 aromatic heterocycles. The minimum atomic E-state index is 0.435. The van der Waals surface area contributed by atoms with Crippen LogP contribution in [-0.4, -0.2) is 13.4 Å². The van der Waals surface area contributed by atoms with Gasteiger partial charge in [-0.2, -0.15) is 0 Å². The minimum absolute atomic E-state index is 0.435. The molecule has 1 aromatic carbocycles. The van der Waals surface area contributed by atoms with Crippen molar-refractivity contribution in [3.8, 4) is 11.5 Å². The van der Waals surface area contributed by atoms with Crippen molar-refractivity contribution in [1.29, 1.82) is 0 Å². The van der Waals surface area contributed by atoms with Gasteiger partial charge in [-0.3, -0.25) is 4.79 Å². The van der Waals surface area contributed by atoms with Gasteiger partial charge in [0.05, 0.1) is 12.7 Å². The normalized spacial score (nSPS) is 10.1. The van der Waals surface area contributed by atoms with Crippen LogP contribution in [0.4, 0.5) is 0 Å². The van der Waals surface area contributed by atoms with Gasteiger partial charge in [0.1, 0.15) is 18.1 Å². The molecule has 2 aromatic rings. The first-order chi connectivity index (χ1) is 8.72. The second-order valence-electron chi connectivity index (χ2n) is 3.54. The van der Waals surface area contributed by atoms with Crippen molar-refractivity contribution in [1.82, 2.24) is 0 Å². The van der Waals surface area contributed by atoms with E-state index in [0.717, 1.165) is 15.6 Å². The van der Waals surface area contributed by atoms with Crippen molar-refractivity contribution < 1.29 is 14.3 Å². The molecule has 5 heteroatoms. The van der Waals surface area contributed by atoms with Crippen LogP contribution in [0.5, 0.6) is 11.5 Å². The van der Waals surface area contributed by atoms with Crippen molar-refractivity contribution in [2.75, 3.05) is 7.11 Å². The van der Waals surface area contributed by atoms with Gasteiger partial charge in [0, 0.05) is 20.8 Å². The molecule has 0 amide bonds. The highest BCUT2D eigenvalue weighted by Crippen LogP contribution is 2.26. The molecule has 1 heterocycles. The Morgan fingerprint density at radius 2 is 2.22 bits per heavy atom. The van der Waals surface area contributed by atoms with Crippen LogP contribution in [0.2, 0.25) is 0 Å². The maximum atomic E-state index is 10.9. The van der Waals surface area contributed by atoms with Gasteiger partial charge in [0.2, 0.25) is 0 Å². The molecule has 0 aliphatic heterocycles. The van der Waals surface area contributed by atoms with Crippen LogP contribution >= 0.6 is 27.3 Å². The number of benzene rings is 1. The summed E-state index contributed by atoms with van der Waals surface area (Å²) in [7, 11) is 1.58. The Labute approximate surface area is 117 Å². The molecule has 0 radical (unpaired) electrons. The highest BCUT2D eigenvalue weighted by molar-refractivity contribution is 9.10. The fourth-order valence-electron chi connectivity index (χ4n) is 1.44. The smallest absolute Gasteiger partial charge is 0.153 e. The van der Waals surface area contributed by atoms with Gasteiger partial charge < -0.3 is 9.47 Å². The van der Waals surface area contributed by atoms with E-state index in [1.165, 1.54) is 0 Å². The summed E-state index contributed by atoms with van der Waals surface area (Å²) in [6.07, 6.45) is 0.777. The van der Waals surface area contributed by atoms with Crippen LogP contribution in [0, 0.1) is 0 Å². The number of ether oxygens (including phenoxy) is 2. The molecule has 3 nitrogen and oxygen atoms in total. The fourth-order valence-corrected chi connectivity index (χ4v) is 2.80. The number of thiophene rings is 1. The van der Waals surface area contributed by atoms with Gasteiger partial charge in [0.25, 0.3) is 0 Å². The van der Waals surface area contributed by atoms with Crippen LogP contribution in [0.15, 0.2) is 34.1 Å². The van der Waals surface area contributed by atoms with Gasteiger partial charge in [-0.15, -0.1) is 11.3 Å². The van der Waals surface area contributed by atoms with Gasteiger partial charge in [-0.25, -0.2) is 0 Å². The lowest BCUT2D eigenvalue weighted by molar-refractivity contribution is 0.111. The standard InChI is InChI=1S/C13H11BrO3S/c1-16-11-3-2-9(6-15)13(5-11)17-7-12-4-10(14)8-18-12/h2-6,8H,7H2,1H3. The largest absolute Gasteiger partial charge is 0.497 e. The summed E-state index contributed by atoms with van der Waals surface area (Å²) < 4.78 is 11.8. The maximum absolute atomic E-state index is 10.9. The summed E-state index contributed by atoms with van der Waals surface area (Å²) in [4.78, 5) is 12.0. The number of aldehydes is 1. The quantitative estimate of drug-likeness (QED) is 0.781. The Bertz CT molecular complexity index is 551. The average molecular weight is 327 g/mol. The lowest BCUT2D eigenvalue weighted by Gasteiger charge is -2.09. The highest BCUT2D eigenvalue weighted by atomic mass is 79.9. The zero-order valence-electron chi connectivity index (χ0n) is 9.68. The SMILES string of the molecule is COc1ccc(C=O)c(OCc2cc(Br)cs2)c1. The van der Waals surface area contributed by atoms with Crippen molar-refractivity contribution in [2.24, 2.45) is 0 Å². The van der Waals surface area contributed by atoms with E-state index in [0.29, 0.717) is 23.7 Å². The van der Waals surface area contributed by atoms with Gasteiger partial charge >= 0.3 is 0 Å². The minimum Gasteiger partial charge on any atom is -0.497 e. The van der Waals surface area contributed by atoms with Crippen molar-refractivity contribution in [3.63, 3.8) is 0 Å². The second kappa shape index (κ2) is 6.02. The molecule has 0 saturated heterocycles. The van der Waals surface area contributed by atoms with Crippen LogP contribution in [-0.2, 0) is 6.61 Å². The number of carbonyl (C=O) groups excluding carboxylic acids is 1. The summed E-state index contributed by atoms with van der Waals surface area (Å²) in [6, 6.07) is 7.13. The Morgan fingerprint density at radius 3 is 2.83 bits per heavy atom. The van der Waals surface area contributed by atoms with Crippen molar-refractivity contribution in [2.45, 2.75) is 6.61 Å². The molecule has 0 atom stereocenters. The number of halogens is 1. The lowest BCUT2D eigenvalue weighted by Crippen LogP contribution is -1.97. The highest BCUT2D eigenvalue weighted by Gasteiger charge is 2.06. The Kier molecular flexibility index (Phi) is 4.38. The van der Waals surface area contributed by atoms with E-state index in [1.54, 1.807) is 36.6 Å². The average Bonchev–Trinajstić information content (AvgIpc) is 2.81. The molecule has 18 heavy (non-hydrogen) atoms. The summed E-state index contributed by atoms with van der Waals surface area (Å²) in [5.41, 5.74) is 0.520. The van der Waals surface area contributed by atoms with Gasteiger partial charge in [-0.1, -0.05) is 0 Å². The van der Waals surface area contributed by atoms with Crippen LogP contribution in [0.25, 0.3) is 0 Å². The first kappa shape index (κ1) is 13.1. The topological polar surface area (TPSA) is 35.5 Å². The molecule has 0 unspecified atom stereocenters. The van der Waals surface area contributed by atoms with E-state index in [9.17, 15) is 4.79 Å². The van der Waals surface area contributed by atoms with Crippen molar-refractivity contribution >= 4 is 33.6 Å². The molecule has 0 saturated carbocycles. The molecular formula is C13H11BrO3S. The fraction of sp³-hybridized carbons (Fsp3) is 0.154. The molecule has 0 aliphatic rings. The van der Waals surface area contributed by atoms with Crippen molar-refractivity contribution in [3.05, 3.63) is 44.6 Å². The Balaban J connectivity index is 2.14. The third kappa shape index (κ3) is 3.11. The zero-order chi connectivity index (χ0) is 13.0. The molecule has 94 valence electrons. The van der Waals surface area contributed by atoms with Gasteiger partial charge in [0.15, 0.2) is 6.29 Å². The van der Waals surface area contributed by atoms with Crippen LogP contribution in [0.1, 0.15) is 15.2 Å². The molecule has 0 N–H and O–H groups in total. The molecule has 0 bridgehead atoms. The predicted octanol–water partition coefficient (Wildman–Crippen LogP) is 3.91. The number of methoxy groups -OCH3 is 1. The zero-order valence-corrected chi connectivity index (χ0v) is 12.1. The molecular weight excluding hydrogens is 316 g/mol. The van der Waals surface area contributed by atoms with Crippen LogP contribution < -0.4 is 9.47 Å².